The van der Waals surface area contributed by atoms with Crippen molar-refractivity contribution >= 4 is 29.3 Å². The summed E-state index contributed by atoms with van der Waals surface area (Å²) in [5, 5.41) is 9.83. The molecule has 0 unspecified atom stereocenters. The van der Waals surface area contributed by atoms with Crippen molar-refractivity contribution in [2.75, 3.05) is 53.0 Å². The van der Waals surface area contributed by atoms with Gasteiger partial charge in [-0.05, 0) is 44.5 Å². The van der Waals surface area contributed by atoms with Crippen LogP contribution >= 0.6 is 11.6 Å². The van der Waals surface area contributed by atoms with Gasteiger partial charge in [0.05, 0.1) is 32.1 Å². The van der Waals surface area contributed by atoms with Crippen molar-refractivity contribution in [3.8, 4) is 5.75 Å². The van der Waals surface area contributed by atoms with E-state index in [0.717, 1.165) is 29.9 Å². The van der Waals surface area contributed by atoms with E-state index >= 15 is 0 Å². The first-order valence-corrected chi connectivity index (χ1v) is 13.7. The molecule has 210 valence electrons. The number of nitrogens with zero attached hydrogens (tertiary/aromatic N) is 4. The molecule has 0 spiro atoms. The van der Waals surface area contributed by atoms with Gasteiger partial charge in [0.25, 0.3) is 5.91 Å². The first-order chi connectivity index (χ1) is 18.6. The molecule has 2 heterocycles. The molecule has 9 nitrogen and oxygen atoms in total. The van der Waals surface area contributed by atoms with Crippen molar-refractivity contribution < 1.29 is 19.1 Å². The van der Waals surface area contributed by atoms with Gasteiger partial charge in [0.2, 0.25) is 0 Å². The van der Waals surface area contributed by atoms with Gasteiger partial charge in [0.1, 0.15) is 12.3 Å². The molecular formula is C29H38ClN5O4. The Kier molecular flexibility index (Phi) is 9.48. The molecule has 1 fully saturated rings. The summed E-state index contributed by atoms with van der Waals surface area (Å²) in [5.41, 5.74) is 2.00. The predicted octanol–water partition coefficient (Wildman–Crippen LogP) is 4.17. The van der Waals surface area contributed by atoms with E-state index in [0.29, 0.717) is 43.5 Å². The molecule has 0 saturated carbocycles. The van der Waals surface area contributed by atoms with Crippen LogP contribution < -0.4 is 10.1 Å². The fraction of sp³-hybridized carbons (Fsp3) is 0.483. The number of nitrogens with one attached hydrogen (secondary N) is 1. The van der Waals surface area contributed by atoms with Crippen LogP contribution in [-0.4, -0.2) is 91.0 Å². The largest absolute Gasteiger partial charge is 0.497 e. The number of hydrazone groups is 1. The SMILES string of the molecule is COc1cccc(C2=NN(C(=O)CN(CCN3CCOCC3)C(=O)NC(C)(C)C)[C@H](c3ccccc3Cl)C2)c1. The van der Waals surface area contributed by atoms with E-state index in [-0.39, 0.29) is 24.5 Å². The predicted molar refractivity (Wildman–Crippen MR) is 152 cm³/mol. The Bertz CT molecular complexity index is 1190. The Hall–Kier alpha value is -3.14. The summed E-state index contributed by atoms with van der Waals surface area (Å²) in [7, 11) is 1.62. The van der Waals surface area contributed by atoms with Crippen molar-refractivity contribution in [1.29, 1.82) is 0 Å². The van der Waals surface area contributed by atoms with Crippen LogP contribution in [-0.2, 0) is 9.53 Å². The van der Waals surface area contributed by atoms with Crippen molar-refractivity contribution in [3.05, 3.63) is 64.7 Å². The first kappa shape index (κ1) is 28.9. The van der Waals surface area contributed by atoms with E-state index in [2.05, 4.69) is 10.2 Å². The summed E-state index contributed by atoms with van der Waals surface area (Å²) in [6.07, 6.45) is 0.491. The highest BCUT2D eigenvalue weighted by atomic mass is 35.5. The molecule has 1 saturated heterocycles. The van der Waals surface area contributed by atoms with E-state index in [1.54, 1.807) is 12.0 Å². The third-order valence-electron chi connectivity index (χ3n) is 6.72. The highest BCUT2D eigenvalue weighted by Gasteiger charge is 2.36. The zero-order chi connectivity index (χ0) is 28.0. The number of amides is 3. The van der Waals surface area contributed by atoms with Crippen LogP contribution in [0.3, 0.4) is 0 Å². The maximum atomic E-state index is 13.9. The molecule has 3 amide bonds. The molecule has 2 aliphatic rings. The number of carbonyl (C=O) groups is 2. The van der Waals surface area contributed by atoms with Gasteiger partial charge in [-0.1, -0.05) is 41.9 Å². The van der Waals surface area contributed by atoms with Crippen LogP contribution in [0.1, 0.15) is 44.4 Å². The Morgan fingerprint density at radius 2 is 1.90 bits per heavy atom. The van der Waals surface area contributed by atoms with Gasteiger partial charge >= 0.3 is 6.03 Å². The molecule has 1 N–H and O–H groups in total. The lowest BCUT2D eigenvalue weighted by atomic mass is 9.98. The van der Waals surface area contributed by atoms with Crippen LogP contribution in [0.15, 0.2) is 53.6 Å². The lowest BCUT2D eigenvalue weighted by Crippen LogP contribution is -2.53. The second-order valence-electron chi connectivity index (χ2n) is 10.8. The highest BCUT2D eigenvalue weighted by molar-refractivity contribution is 6.31. The number of ether oxygens (including phenoxy) is 2. The molecule has 0 aliphatic carbocycles. The lowest BCUT2D eigenvalue weighted by Gasteiger charge is -2.33. The van der Waals surface area contributed by atoms with Crippen molar-refractivity contribution in [2.24, 2.45) is 5.10 Å². The summed E-state index contributed by atoms with van der Waals surface area (Å²) in [5.74, 6) is 0.436. The molecule has 10 heteroatoms. The maximum absolute atomic E-state index is 13.9. The quantitative estimate of drug-likeness (QED) is 0.528. The number of benzene rings is 2. The number of hydrogen-bond acceptors (Lipinski definition) is 6. The maximum Gasteiger partial charge on any atom is 0.318 e. The molecule has 4 rings (SSSR count). The number of methoxy groups -OCH3 is 1. The zero-order valence-corrected chi connectivity index (χ0v) is 23.9. The minimum Gasteiger partial charge on any atom is -0.497 e. The summed E-state index contributed by atoms with van der Waals surface area (Å²) < 4.78 is 10.8. The molecule has 39 heavy (non-hydrogen) atoms. The Morgan fingerprint density at radius 1 is 1.15 bits per heavy atom. The summed E-state index contributed by atoms with van der Waals surface area (Å²) in [6, 6.07) is 14.4. The van der Waals surface area contributed by atoms with E-state index in [9.17, 15) is 9.59 Å². The zero-order valence-electron chi connectivity index (χ0n) is 23.2. The number of halogens is 1. The fourth-order valence-corrected chi connectivity index (χ4v) is 4.94. The summed E-state index contributed by atoms with van der Waals surface area (Å²) in [4.78, 5) is 31.0. The van der Waals surface area contributed by atoms with Gasteiger partial charge in [-0.15, -0.1) is 0 Å². The first-order valence-electron chi connectivity index (χ1n) is 13.3. The molecule has 1 atom stereocenters. The second-order valence-corrected chi connectivity index (χ2v) is 11.2. The molecular weight excluding hydrogens is 518 g/mol. The standard InChI is InChI=1S/C29H38ClN5O4/c1-29(2,3)31-28(37)34(13-12-33-14-16-39-17-15-33)20-27(36)35-26(23-10-5-6-11-24(23)30)19-25(32-35)21-8-7-9-22(18-21)38-4/h5-11,18,26H,12-17,19-20H2,1-4H3,(H,31,37)/t26-/m0/s1. The van der Waals surface area contributed by atoms with Crippen molar-refractivity contribution in [1.82, 2.24) is 20.1 Å². The molecule has 2 aromatic carbocycles. The normalized spacial score (nSPS) is 18.0. The van der Waals surface area contributed by atoms with Gasteiger partial charge < -0.3 is 19.7 Å². The Labute approximate surface area is 235 Å². The van der Waals surface area contributed by atoms with Gasteiger partial charge in [0.15, 0.2) is 0 Å². The second kappa shape index (κ2) is 12.8. The molecule has 0 radical (unpaired) electrons. The van der Waals surface area contributed by atoms with E-state index < -0.39 is 5.54 Å². The Balaban J connectivity index is 1.59. The van der Waals surface area contributed by atoms with Crippen LogP contribution in [0.4, 0.5) is 4.79 Å². The van der Waals surface area contributed by atoms with Crippen LogP contribution in [0.5, 0.6) is 5.75 Å². The molecule has 0 aromatic heterocycles. The number of morpholine rings is 1. The number of carbonyl (C=O) groups excluding carboxylic acids is 2. The van der Waals surface area contributed by atoms with Gasteiger partial charge in [-0.25, -0.2) is 9.80 Å². The molecule has 0 bridgehead atoms. The smallest absolute Gasteiger partial charge is 0.318 e. The van der Waals surface area contributed by atoms with Crippen LogP contribution in [0.25, 0.3) is 0 Å². The van der Waals surface area contributed by atoms with Crippen molar-refractivity contribution in [3.63, 3.8) is 0 Å². The van der Waals surface area contributed by atoms with Gasteiger partial charge in [-0.3, -0.25) is 9.69 Å². The summed E-state index contributed by atoms with van der Waals surface area (Å²) >= 11 is 6.58. The topological polar surface area (TPSA) is 86.7 Å². The lowest BCUT2D eigenvalue weighted by molar-refractivity contribution is -0.133. The highest BCUT2D eigenvalue weighted by Crippen LogP contribution is 2.36. The third-order valence-corrected chi connectivity index (χ3v) is 7.06. The van der Waals surface area contributed by atoms with E-state index in [1.165, 1.54) is 5.01 Å². The Morgan fingerprint density at radius 3 is 2.59 bits per heavy atom. The number of hydrogen-bond donors (Lipinski definition) is 1. The van der Waals surface area contributed by atoms with E-state index in [1.807, 2.05) is 69.3 Å². The van der Waals surface area contributed by atoms with Crippen molar-refractivity contribution in [2.45, 2.75) is 38.8 Å². The molecule has 2 aliphatic heterocycles. The minimum absolute atomic E-state index is 0.109. The van der Waals surface area contributed by atoms with E-state index in [4.69, 9.17) is 26.2 Å². The van der Waals surface area contributed by atoms with Gasteiger partial charge in [-0.2, -0.15) is 5.10 Å². The monoisotopic (exact) mass is 555 g/mol. The summed E-state index contributed by atoms with van der Waals surface area (Å²) in [6.45, 7) is 9.66. The average Bonchev–Trinajstić information content (AvgIpc) is 3.36. The number of urea groups is 1. The van der Waals surface area contributed by atoms with Crippen LogP contribution in [0.2, 0.25) is 5.02 Å². The van der Waals surface area contributed by atoms with Crippen LogP contribution in [0, 0.1) is 0 Å². The molecule has 2 aromatic rings. The third kappa shape index (κ3) is 7.71. The average molecular weight is 556 g/mol. The van der Waals surface area contributed by atoms with Gasteiger partial charge in [0, 0.05) is 48.7 Å². The minimum atomic E-state index is -0.442. The fourth-order valence-electron chi connectivity index (χ4n) is 4.68. The number of rotatable bonds is 8.